The van der Waals surface area contributed by atoms with Gasteiger partial charge in [-0.3, -0.25) is 0 Å². The Kier molecular flexibility index (Phi) is 7.89. The number of fused-ring (bicyclic) bond motifs is 3. The molecule has 0 bridgehead atoms. The number of nitrogens with zero attached hydrogens (tertiary/aromatic N) is 3. The van der Waals surface area contributed by atoms with Crippen LogP contribution >= 0.6 is 0 Å². The molecule has 0 spiro atoms. The maximum absolute atomic E-state index is 14.3. The summed E-state index contributed by atoms with van der Waals surface area (Å²) < 4.78 is 59.4. The summed E-state index contributed by atoms with van der Waals surface area (Å²) in [7, 11) is 0. The second-order valence-corrected chi connectivity index (χ2v) is 12.9. The van der Waals surface area contributed by atoms with E-state index in [1.165, 1.54) is 0 Å². The van der Waals surface area contributed by atoms with Gasteiger partial charge in [0.25, 0.3) is 0 Å². The molecule has 2 aromatic heterocycles. The van der Waals surface area contributed by atoms with Crippen molar-refractivity contribution in [3.05, 3.63) is 187 Å². The van der Waals surface area contributed by atoms with Crippen LogP contribution in [0.15, 0.2) is 164 Å². The summed E-state index contributed by atoms with van der Waals surface area (Å²) in [5.74, 6) is -3.14. The van der Waals surface area contributed by atoms with Crippen LogP contribution in [-0.2, 0) is 0 Å². The fraction of sp³-hybridized carbons (Fsp3) is 0. The minimum Gasteiger partial charge on any atom is -0.309 e. The van der Waals surface area contributed by atoms with E-state index in [0.29, 0.717) is 11.3 Å². The van der Waals surface area contributed by atoms with Crippen LogP contribution in [0, 0.1) is 23.3 Å². The van der Waals surface area contributed by atoms with Gasteiger partial charge in [-0.05, 0) is 89.0 Å². The van der Waals surface area contributed by atoms with Crippen molar-refractivity contribution in [2.24, 2.45) is 0 Å². The smallest absolute Gasteiger partial charge is 0.160 e. The van der Waals surface area contributed by atoms with Crippen molar-refractivity contribution in [3.63, 3.8) is 0 Å². The summed E-state index contributed by atoms with van der Waals surface area (Å²) in [4.78, 5) is 9.12. The van der Waals surface area contributed by atoms with Crippen LogP contribution in [0.25, 0.3) is 83.6 Å². The molecule has 0 fully saturated rings. The van der Waals surface area contributed by atoms with Crippen molar-refractivity contribution in [3.8, 4) is 61.8 Å². The molecule has 0 aliphatic heterocycles. The molecule has 0 unspecified atom stereocenters. The first-order valence-corrected chi connectivity index (χ1v) is 17.0. The Morgan fingerprint density at radius 1 is 0.340 bits per heavy atom. The Hall–Kier alpha value is -6.86. The first-order chi connectivity index (χ1) is 25.9. The minimum atomic E-state index is -0.797. The predicted octanol–water partition coefficient (Wildman–Crippen LogP) is 12.5. The average molecular weight is 698 g/mol. The molecule has 53 heavy (non-hydrogen) atoms. The number of rotatable bonds is 6. The van der Waals surface area contributed by atoms with Gasteiger partial charge in [-0.15, -0.1) is 0 Å². The molecule has 0 aliphatic carbocycles. The van der Waals surface area contributed by atoms with Crippen molar-refractivity contribution in [1.82, 2.24) is 14.5 Å². The summed E-state index contributed by atoms with van der Waals surface area (Å²) in [6.45, 7) is 0. The van der Waals surface area contributed by atoms with Gasteiger partial charge in [-0.2, -0.15) is 0 Å². The van der Waals surface area contributed by atoms with Gasteiger partial charge in [0.1, 0.15) is 23.3 Å². The third-order valence-corrected chi connectivity index (χ3v) is 9.41. The van der Waals surface area contributed by atoms with Gasteiger partial charge >= 0.3 is 0 Å². The van der Waals surface area contributed by atoms with Crippen LogP contribution < -0.4 is 0 Å². The highest BCUT2D eigenvalue weighted by atomic mass is 19.1. The van der Waals surface area contributed by atoms with E-state index >= 15 is 0 Å². The van der Waals surface area contributed by atoms with Gasteiger partial charge in [-0.1, -0.05) is 84.9 Å². The van der Waals surface area contributed by atoms with E-state index in [9.17, 15) is 17.6 Å². The SMILES string of the molecule is Fc1cc(F)cc(-c2cc(-c3ccc(-n4c5ccc(-c6ccccc6)cc5c5cc(-c6ccccc6)ccc54)cc3)nc(-c3cc(F)cc(F)c3)n2)c1. The Morgan fingerprint density at radius 3 is 1.26 bits per heavy atom. The Labute approximate surface area is 302 Å². The van der Waals surface area contributed by atoms with Crippen LogP contribution in [0.4, 0.5) is 17.6 Å². The van der Waals surface area contributed by atoms with Gasteiger partial charge in [0, 0.05) is 45.3 Å². The lowest BCUT2D eigenvalue weighted by atomic mass is 10.0. The van der Waals surface area contributed by atoms with Crippen LogP contribution in [0.5, 0.6) is 0 Å². The maximum Gasteiger partial charge on any atom is 0.160 e. The number of halogens is 4. The van der Waals surface area contributed by atoms with E-state index in [1.54, 1.807) is 6.07 Å². The molecule has 9 rings (SSSR count). The molecule has 0 N–H and O–H groups in total. The molecule has 2 heterocycles. The quantitative estimate of drug-likeness (QED) is 0.162. The van der Waals surface area contributed by atoms with Crippen molar-refractivity contribution in [2.75, 3.05) is 0 Å². The third-order valence-electron chi connectivity index (χ3n) is 9.41. The lowest BCUT2D eigenvalue weighted by molar-refractivity contribution is 0.583. The Morgan fingerprint density at radius 2 is 0.774 bits per heavy atom. The predicted molar refractivity (Wildman–Crippen MR) is 203 cm³/mol. The number of benzene rings is 7. The Balaban J connectivity index is 1.19. The summed E-state index contributed by atoms with van der Waals surface area (Å²) in [6, 6.07) is 49.1. The molecular weight excluding hydrogens is 671 g/mol. The fourth-order valence-electron chi connectivity index (χ4n) is 6.96. The van der Waals surface area contributed by atoms with Gasteiger partial charge in [0.15, 0.2) is 5.82 Å². The number of hydrogen-bond acceptors (Lipinski definition) is 2. The van der Waals surface area contributed by atoms with Gasteiger partial charge in [0.2, 0.25) is 0 Å². The van der Waals surface area contributed by atoms with Crippen molar-refractivity contribution >= 4 is 21.8 Å². The van der Waals surface area contributed by atoms with Crippen LogP contribution in [0.1, 0.15) is 0 Å². The normalized spacial score (nSPS) is 11.4. The molecule has 0 radical (unpaired) electrons. The van der Waals surface area contributed by atoms with Gasteiger partial charge in [-0.25, -0.2) is 27.5 Å². The van der Waals surface area contributed by atoms with E-state index in [0.717, 1.165) is 86.1 Å². The van der Waals surface area contributed by atoms with E-state index in [2.05, 4.69) is 75.2 Å². The van der Waals surface area contributed by atoms with Crippen molar-refractivity contribution in [1.29, 1.82) is 0 Å². The zero-order valence-electron chi connectivity index (χ0n) is 27.9. The topological polar surface area (TPSA) is 30.7 Å². The summed E-state index contributed by atoms with van der Waals surface area (Å²) in [6.07, 6.45) is 0. The minimum absolute atomic E-state index is 0.00971. The standard InChI is InChI=1S/C46H27F4N3/c47-35-19-33(20-36(48)25-35)43-27-42(51-46(52-43)34-21-37(49)26-38(50)22-34)30-11-15-39(16-12-30)53-44-17-13-31(28-7-3-1-4-8-28)23-40(44)41-24-32(14-18-45(41)53)29-9-5-2-6-10-29/h1-27H. The maximum atomic E-state index is 14.3. The summed E-state index contributed by atoms with van der Waals surface area (Å²) in [5.41, 5.74) is 8.99. The molecule has 0 saturated carbocycles. The first-order valence-electron chi connectivity index (χ1n) is 17.0. The molecule has 7 heteroatoms. The average Bonchev–Trinajstić information content (AvgIpc) is 3.51. The van der Waals surface area contributed by atoms with Crippen LogP contribution in [-0.4, -0.2) is 14.5 Å². The molecule has 0 amide bonds. The van der Waals surface area contributed by atoms with E-state index in [1.807, 2.05) is 60.7 Å². The number of hydrogen-bond donors (Lipinski definition) is 0. The highest BCUT2D eigenvalue weighted by Gasteiger charge is 2.17. The summed E-state index contributed by atoms with van der Waals surface area (Å²) >= 11 is 0. The van der Waals surface area contributed by atoms with E-state index < -0.39 is 23.3 Å². The van der Waals surface area contributed by atoms with Crippen LogP contribution in [0.2, 0.25) is 0 Å². The zero-order valence-corrected chi connectivity index (χ0v) is 27.9. The first kappa shape index (κ1) is 32.1. The molecular formula is C46H27F4N3. The molecule has 7 aromatic carbocycles. The van der Waals surface area contributed by atoms with Gasteiger partial charge in [0.05, 0.1) is 22.4 Å². The largest absolute Gasteiger partial charge is 0.309 e. The second kappa shape index (κ2) is 13.0. The second-order valence-electron chi connectivity index (χ2n) is 12.9. The molecule has 9 aromatic rings. The lowest BCUT2D eigenvalue weighted by Gasteiger charge is -2.12. The summed E-state index contributed by atoms with van der Waals surface area (Å²) in [5, 5.41) is 2.22. The van der Waals surface area contributed by atoms with E-state index in [-0.39, 0.29) is 22.6 Å². The monoisotopic (exact) mass is 697 g/mol. The molecule has 3 nitrogen and oxygen atoms in total. The molecule has 0 aliphatic rings. The molecule has 0 saturated heterocycles. The fourth-order valence-corrected chi connectivity index (χ4v) is 6.96. The highest BCUT2D eigenvalue weighted by Crippen LogP contribution is 2.38. The highest BCUT2D eigenvalue weighted by molar-refractivity contribution is 6.11. The van der Waals surface area contributed by atoms with Crippen molar-refractivity contribution < 1.29 is 17.6 Å². The molecule has 254 valence electrons. The Bertz CT molecular complexity index is 2610. The lowest BCUT2D eigenvalue weighted by Crippen LogP contribution is -1.98. The third kappa shape index (κ3) is 6.12. The van der Waals surface area contributed by atoms with E-state index in [4.69, 9.17) is 0 Å². The molecule has 0 atom stereocenters. The number of aromatic nitrogens is 3. The zero-order chi connectivity index (χ0) is 36.1. The van der Waals surface area contributed by atoms with Crippen LogP contribution in [0.3, 0.4) is 0 Å². The van der Waals surface area contributed by atoms with Gasteiger partial charge < -0.3 is 4.57 Å². The van der Waals surface area contributed by atoms with Crippen molar-refractivity contribution in [2.45, 2.75) is 0 Å².